The molecule has 0 fully saturated rings. The van der Waals surface area contributed by atoms with E-state index in [4.69, 9.17) is 11.6 Å². The van der Waals surface area contributed by atoms with Crippen molar-refractivity contribution in [1.82, 2.24) is 9.97 Å². The minimum Gasteiger partial charge on any atom is -0.337 e. The molecule has 2 aromatic heterocycles. The molecule has 0 saturated heterocycles. The Kier molecular flexibility index (Phi) is 5.98. The zero-order chi connectivity index (χ0) is 19.4. The summed E-state index contributed by atoms with van der Waals surface area (Å²) in [5.41, 5.74) is 2.52. The fourth-order valence-corrected chi connectivity index (χ4v) is 3.62. The van der Waals surface area contributed by atoms with E-state index in [1.54, 1.807) is 24.3 Å². The van der Waals surface area contributed by atoms with Crippen molar-refractivity contribution in [3.8, 4) is 10.7 Å². The van der Waals surface area contributed by atoms with Crippen LogP contribution in [0.3, 0.4) is 0 Å². The predicted molar refractivity (Wildman–Crippen MR) is 108 cm³/mol. The van der Waals surface area contributed by atoms with Crippen LogP contribution in [0.15, 0.2) is 43.0 Å². The van der Waals surface area contributed by atoms with Gasteiger partial charge in [-0.3, -0.25) is 0 Å². The molecule has 4 nitrogen and oxygen atoms in total. The van der Waals surface area contributed by atoms with Gasteiger partial charge in [0.1, 0.15) is 17.9 Å². The summed E-state index contributed by atoms with van der Waals surface area (Å²) in [6, 6.07) is 8.30. The van der Waals surface area contributed by atoms with Gasteiger partial charge in [-0.1, -0.05) is 23.7 Å². The van der Waals surface area contributed by atoms with Crippen LogP contribution in [-0.4, -0.2) is 16.3 Å². The molecule has 0 atom stereocenters. The van der Waals surface area contributed by atoms with Crippen LogP contribution in [0.4, 0.5) is 15.9 Å². The van der Waals surface area contributed by atoms with Gasteiger partial charge in [-0.05, 0) is 43.2 Å². The summed E-state index contributed by atoms with van der Waals surface area (Å²) in [7, 11) is 0. The Balaban J connectivity index is 2.03. The number of nitrogens with zero attached hydrogens (tertiary/aromatic N) is 2. The first-order valence-electron chi connectivity index (χ1n) is 8.25. The lowest BCUT2D eigenvalue weighted by atomic mass is 10.1. The number of aryl methyl sites for hydroxylation is 1. The zero-order valence-electron chi connectivity index (χ0n) is 14.6. The molecule has 1 N–H and O–H groups in total. The maximum absolute atomic E-state index is 14.4. The third kappa shape index (κ3) is 4.40. The normalized spacial score (nSPS) is 10.6. The Labute approximate surface area is 165 Å². The lowest BCUT2D eigenvalue weighted by Crippen LogP contribution is -2.06. The van der Waals surface area contributed by atoms with Gasteiger partial charge in [-0.25, -0.2) is 14.4 Å². The van der Waals surface area contributed by atoms with Crippen LogP contribution in [0.5, 0.6) is 0 Å². The molecular formula is C20H17ClFN3OS. The number of aromatic nitrogens is 2. The average Bonchev–Trinajstić information content (AvgIpc) is 3.06. The Hall–Kier alpha value is -2.57. The molecule has 138 valence electrons. The molecule has 7 heteroatoms. The standard InChI is InChI=1S/C20H17ClFN3OS/c1-3-4-14-12(2)23-20(17-7-8-18(21)27-17)25-19(14)24-16-6-5-13(9-10-26)11-15(16)22/h3,5-8,10-11H,1,4,9H2,2H3,(H,23,24,25). The predicted octanol–water partition coefficient (Wildman–Crippen LogP) is 5.52. The second-order valence-electron chi connectivity index (χ2n) is 5.87. The van der Waals surface area contributed by atoms with E-state index in [1.807, 2.05) is 13.0 Å². The summed E-state index contributed by atoms with van der Waals surface area (Å²) in [6.07, 6.45) is 3.22. The molecule has 0 aliphatic carbocycles. The van der Waals surface area contributed by atoms with Crippen LogP contribution >= 0.6 is 22.9 Å². The highest BCUT2D eigenvalue weighted by atomic mass is 35.5. The van der Waals surface area contributed by atoms with Crippen LogP contribution in [0.1, 0.15) is 16.8 Å². The van der Waals surface area contributed by atoms with Crippen LogP contribution in [0, 0.1) is 12.7 Å². The Morgan fingerprint density at radius 1 is 1.26 bits per heavy atom. The van der Waals surface area contributed by atoms with Crippen LogP contribution in [-0.2, 0) is 17.6 Å². The molecule has 3 rings (SSSR count). The lowest BCUT2D eigenvalue weighted by Gasteiger charge is -2.14. The van der Waals surface area contributed by atoms with Gasteiger partial charge in [-0.2, -0.15) is 0 Å². The molecular weight excluding hydrogens is 385 g/mol. The third-order valence-corrected chi connectivity index (χ3v) is 5.19. The largest absolute Gasteiger partial charge is 0.337 e. The molecule has 0 spiro atoms. The van der Waals surface area contributed by atoms with Crippen molar-refractivity contribution in [3.05, 3.63) is 70.0 Å². The Bertz CT molecular complexity index is 1000. The third-order valence-electron chi connectivity index (χ3n) is 3.96. The summed E-state index contributed by atoms with van der Waals surface area (Å²) in [5.74, 6) is 0.595. The number of hydrogen-bond donors (Lipinski definition) is 1. The molecule has 0 unspecified atom stereocenters. The molecule has 0 radical (unpaired) electrons. The molecule has 3 aromatic rings. The van der Waals surface area contributed by atoms with Gasteiger partial charge >= 0.3 is 0 Å². The van der Waals surface area contributed by atoms with Crippen LogP contribution < -0.4 is 5.32 Å². The summed E-state index contributed by atoms with van der Waals surface area (Å²) >= 11 is 7.40. The minimum atomic E-state index is -0.448. The molecule has 0 bridgehead atoms. The zero-order valence-corrected chi connectivity index (χ0v) is 16.2. The number of nitrogens with one attached hydrogen (secondary N) is 1. The smallest absolute Gasteiger partial charge is 0.171 e. The van der Waals surface area contributed by atoms with E-state index in [2.05, 4.69) is 21.9 Å². The summed E-state index contributed by atoms with van der Waals surface area (Å²) in [5, 5.41) is 3.06. The maximum atomic E-state index is 14.4. The van der Waals surface area contributed by atoms with Crippen LogP contribution in [0.2, 0.25) is 4.34 Å². The number of aldehydes is 1. The second kappa shape index (κ2) is 8.41. The van der Waals surface area contributed by atoms with Gasteiger partial charge < -0.3 is 10.1 Å². The fourth-order valence-electron chi connectivity index (χ4n) is 2.64. The highest BCUT2D eigenvalue weighted by molar-refractivity contribution is 7.19. The first kappa shape index (κ1) is 19.2. The van der Waals surface area contributed by atoms with E-state index < -0.39 is 5.82 Å². The second-order valence-corrected chi connectivity index (χ2v) is 7.58. The minimum absolute atomic E-state index is 0.175. The molecule has 0 aliphatic heterocycles. The number of allylic oxidation sites excluding steroid dienone is 1. The lowest BCUT2D eigenvalue weighted by molar-refractivity contribution is -0.107. The number of hydrogen-bond acceptors (Lipinski definition) is 5. The Morgan fingerprint density at radius 3 is 2.70 bits per heavy atom. The van der Waals surface area contributed by atoms with Crippen molar-refractivity contribution in [2.45, 2.75) is 19.8 Å². The van der Waals surface area contributed by atoms with E-state index in [-0.39, 0.29) is 12.1 Å². The summed E-state index contributed by atoms with van der Waals surface area (Å²) in [6.45, 7) is 5.66. The number of carbonyl (C=O) groups excluding carboxylic acids is 1. The first-order valence-corrected chi connectivity index (χ1v) is 9.44. The van der Waals surface area contributed by atoms with Gasteiger partial charge in [0.15, 0.2) is 5.82 Å². The van der Waals surface area contributed by atoms with E-state index in [9.17, 15) is 9.18 Å². The van der Waals surface area contributed by atoms with E-state index in [0.29, 0.717) is 28.0 Å². The number of rotatable bonds is 7. The van der Waals surface area contributed by atoms with Gasteiger partial charge in [0, 0.05) is 17.7 Å². The van der Waals surface area contributed by atoms with E-state index >= 15 is 0 Å². The van der Waals surface area contributed by atoms with Gasteiger partial charge in [0.25, 0.3) is 0 Å². The molecule has 1 aromatic carbocycles. The fraction of sp³-hybridized carbons (Fsp3) is 0.150. The topological polar surface area (TPSA) is 54.9 Å². The maximum Gasteiger partial charge on any atom is 0.171 e. The average molecular weight is 402 g/mol. The van der Waals surface area contributed by atoms with Crippen LogP contribution in [0.25, 0.3) is 10.7 Å². The molecule has 27 heavy (non-hydrogen) atoms. The van der Waals surface area contributed by atoms with E-state index in [0.717, 1.165) is 22.4 Å². The molecule has 2 heterocycles. The quantitative estimate of drug-likeness (QED) is 0.418. The number of halogens is 2. The van der Waals surface area contributed by atoms with Crippen molar-refractivity contribution < 1.29 is 9.18 Å². The van der Waals surface area contributed by atoms with Gasteiger partial charge in [-0.15, -0.1) is 17.9 Å². The molecule has 0 amide bonds. The van der Waals surface area contributed by atoms with Crippen molar-refractivity contribution in [3.63, 3.8) is 0 Å². The Morgan fingerprint density at radius 2 is 2.07 bits per heavy atom. The van der Waals surface area contributed by atoms with Gasteiger partial charge in [0.05, 0.1) is 14.9 Å². The highest BCUT2D eigenvalue weighted by Crippen LogP contribution is 2.32. The number of thiophene rings is 1. The van der Waals surface area contributed by atoms with Crippen molar-refractivity contribution in [2.24, 2.45) is 0 Å². The van der Waals surface area contributed by atoms with Gasteiger partial charge in [0.2, 0.25) is 0 Å². The number of anilines is 2. The van der Waals surface area contributed by atoms with Crippen molar-refractivity contribution in [1.29, 1.82) is 0 Å². The monoisotopic (exact) mass is 401 g/mol. The molecule has 0 aliphatic rings. The first-order chi connectivity index (χ1) is 13.0. The van der Waals surface area contributed by atoms with Crippen molar-refractivity contribution >= 4 is 40.7 Å². The SMILES string of the molecule is C=CCc1c(C)nc(-c2ccc(Cl)s2)nc1Nc1ccc(CC=O)cc1F. The summed E-state index contributed by atoms with van der Waals surface area (Å²) < 4.78 is 15.1. The highest BCUT2D eigenvalue weighted by Gasteiger charge is 2.15. The van der Waals surface area contributed by atoms with Crippen molar-refractivity contribution in [2.75, 3.05) is 5.32 Å². The summed E-state index contributed by atoms with van der Waals surface area (Å²) in [4.78, 5) is 20.6. The number of benzene rings is 1. The molecule has 0 saturated carbocycles. The van der Waals surface area contributed by atoms with E-state index in [1.165, 1.54) is 17.4 Å². The number of carbonyl (C=O) groups is 1.